The van der Waals surface area contributed by atoms with Gasteiger partial charge in [-0.05, 0) is 48.6 Å². The predicted molar refractivity (Wildman–Crippen MR) is 85.0 cm³/mol. The van der Waals surface area contributed by atoms with Gasteiger partial charge < -0.3 is 9.47 Å². The van der Waals surface area contributed by atoms with Gasteiger partial charge in [-0.25, -0.2) is 4.79 Å². The van der Waals surface area contributed by atoms with E-state index in [-0.39, 0.29) is 17.8 Å². The molecule has 0 spiro atoms. The zero-order valence-electron chi connectivity index (χ0n) is 14.4. The van der Waals surface area contributed by atoms with Crippen LogP contribution in [0.25, 0.3) is 6.08 Å². The van der Waals surface area contributed by atoms with Crippen molar-refractivity contribution in [2.75, 3.05) is 6.61 Å². The third-order valence-electron chi connectivity index (χ3n) is 3.81. The first kappa shape index (κ1) is 18.4. The molecule has 0 aliphatic carbocycles. The summed E-state index contributed by atoms with van der Waals surface area (Å²) in [5.41, 5.74) is 1.51. The van der Waals surface area contributed by atoms with Crippen molar-refractivity contribution in [3.63, 3.8) is 0 Å². The Labute approximate surface area is 139 Å². The summed E-state index contributed by atoms with van der Waals surface area (Å²) in [7, 11) is 0. The molecule has 0 amide bonds. The van der Waals surface area contributed by atoms with Crippen molar-refractivity contribution in [1.82, 2.24) is 0 Å². The lowest BCUT2D eigenvalue weighted by molar-refractivity contribution is -0.187. The molecule has 1 unspecified atom stereocenters. The van der Waals surface area contributed by atoms with E-state index in [9.17, 15) is 18.0 Å². The normalized spacial score (nSPS) is 17.7. The van der Waals surface area contributed by atoms with Gasteiger partial charge in [-0.1, -0.05) is 20.8 Å². The molecular formula is C18H21F3O3. The number of hydrogen-bond donors (Lipinski definition) is 0. The summed E-state index contributed by atoms with van der Waals surface area (Å²) < 4.78 is 49.9. The van der Waals surface area contributed by atoms with Gasteiger partial charge in [-0.2, -0.15) is 13.2 Å². The van der Waals surface area contributed by atoms with E-state index in [2.05, 4.69) is 0 Å². The van der Waals surface area contributed by atoms with E-state index in [4.69, 9.17) is 9.47 Å². The van der Waals surface area contributed by atoms with Gasteiger partial charge in [0.1, 0.15) is 5.75 Å². The average Bonchev–Trinajstić information content (AvgIpc) is 2.43. The maximum Gasteiger partial charge on any atom is 0.430 e. The summed E-state index contributed by atoms with van der Waals surface area (Å²) in [6, 6.07) is 3.36. The lowest BCUT2D eigenvalue weighted by atomic mass is 9.82. The predicted octanol–water partition coefficient (Wildman–Crippen LogP) is 4.56. The van der Waals surface area contributed by atoms with E-state index in [0.29, 0.717) is 5.56 Å². The zero-order valence-corrected chi connectivity index (χ0v) is 14.4. The molecule has 1 aliphatic heterocycles. The molecule has 0 fully saturated rings. The van der Waals surface area contributed by atoms with E-state index in [1.54, 1.807) is 19.1 Å². The third kappa shape index (κ3) is 3.57. The Bertz CT molecular complexity index is 682. The molecule has 132 valence electrons. The summed E-state index contributed by atoms with van der Waals surface area (Å²) in [6.07, 6.45) is -5.81. The molecule has 0 saturated heterocycles. The highest BCUT2D eigenvalue weighted by atomic mass is 19.4. The fourth-order valence-electron chi connectivity index (χ4n) is 2.79. The summed E-state index contributed by atoms with van der Waals surface area (Å²) in [5.74, 6) is -0.885. The number of halogens is 3. The van der Waals surface area contributed by atoms with Gasteiger partial charge >= 0.3 is 12.1 Å². The topological polar surface area (TPSA) is 35.5 Å². The van der Waals surface area contributed by atoms with E-state index in [1.807, 2.05) is 27.7 Å². The molecule has 2 rings (SSSR count). The van der Waals surface area contributed by atoms with Crippen LogP contribution in [0.3, 0.4) is 0 Å². The van der Waals surface area contributed by atoms with Crippen LogP contribution in [0.1, 0.15) is 44.4 Å². The zero-order chi connectivity index (χ0) is 18.3. The minimum absolute atomic E-state index is 0.00437. The van der Waals surface area contributed by atoms with Gasteiger partial charge in [0.25, 0.3) is 0 Å². The highest BCUT2D eigenvalue weighted by Crippen LogP contribution is 2.40. The third-order valence-corrected chi connectivity index (χ3v) is 3.81. The minimum Gasteiger partial charge on any atom is -0.475 e. The highest BCUT2D eigenvalue weighted by molar-refractivity contribution is 5.96. The number of carbonyl (C=O) groups is 1. The lowest BCUT2D eigenvalue weighted by Crippen LogP contribution is -2.41. The molecule has 1 heterocycles. The molecular weight excluding hydrogens is 321 g/mol. The molecule has 1 atom stereocenters. The molecule has 0 saturated carbocycles. The second kappa shape index (κ2) is 6.15. The lowest BCUT2D eigenvalue weighted by Gasteiger charge is -2.30. The number of benzene rings is 1. The Hall–Kier alpha value is -1.98. The van der Waals surface area contributed by atoms with Crippen molar-refractivity contribution >= 4 is 12.0 Å². The van der Waals surface area contributed by atoms with Crippen molar-refractivity contribution in [2.45, 2.75) is 52.3 Å². The van der Waals surface area contributed by atoms with E-state index >= 15 is 0 Å². The van der Waals surface area contributed by atoms with Crippen molar-refractivity contribution in [3.8, 4) is 5.75 Å². The molecule has 0 N–H and O–H groups in total. The van der Waals surface area contributed by atoms with Gasteiger partial charge in [0.2, 0.25) is 6.10 Å². The average molecular weight is 342 g/mol. The summed E-state index contributed by atoms with van der Waals surface area (Å²) in [5, 5.41) is 0. The Balaban J connectivity index is 2.58. The molecule has 0 radical (unpaired) electrons. The first-order valence-corrected chi connectivity index (χ1v) is 7.72. The summed E-state index contributed by atoms with van der Waals surface area (Å²) in [6.45, 7) is 9.35. The van der Waals surface area contributed by atoms with Crippen LogP contribution in [-0.4, -0.2) is 24.9 Å². The maximum atomic E-state index is 13.3. The molecule has 1 aromatic carbocycles. The first-order valence-electron chi connectivity index (χ1n) is 7.72. The Morgan fingerprint density at radius 3 is 2.38 bits per heavy atom. The van der Waals surface area contributed by atoms with Crippen LogP contribution >= 0.6 is 0 Å². The van der Waals surface area contributed by atoms with Gasteiger partial charge in [-0.3, -0.25) is 0 Å². The molecule has 6 heteroatoms. The van der Waals surface area contributed by atoms with Crippen molar-refractivity contribution < 1.29 is 27.4 Å². The summed E-state index contributed by atoms with van der Waals surface area (Å²) in [4.78, 5) is 11.9. The van der Waals surface area contributed by atoms with Crippen molar-refractivity contribution in [1.29, 1.82) is 0 Å². The van der Waals surface area contributed by atoms with Crippen LogP contribution in [0.2, 0.25) is 0 Å². The van der Waals surface area contributed by atoms with E-state index in [1.165, 1.54) is 6.08 Å². The molecule has 0 bridgehead atoms. The van der Waals surface area contributed by atoms with Crippen molar-refractivity contribution in [2.24, 2.45) is 0 Å². The van der Waals surface area contributed by atoms with Crippen LogP contribution in [-0.2, 0) is 14.9 Å². The fourth-order valence-corrected chi connectivity index (χ4v) is 2.79. The van der Waals surface area contributed by atoms with Gasteiger partial charge in [0.15, 0.2) is 0 Å². The molecule has 24 heavy (non-hydrogen) atoms. The van der Waals surface area contributed by atoms with E-state index < -0.39 is 23.8 Å². The quantitative estimate of drug-likeness (QED) is 0.739. The molecule has 0 aromatic heterocycles. The SMILES string of the molecule is CCOC(=O)C1=Cc2cc(C)c(C(C)(C)C)cc2OC1C(F)(F)F. The van der Waals surface area contributed by atoms with Gasteiger partial charge in [-0.15, -0.1) is 0 Å². The maximum absolute atomic E-state index is 13.3. The standard InChI is InChI=1S/C18H21F3O3/c1-6-23-16(22)12-8-11-7-10(2)13(17(3,4)5)9-14(11)24-15(12)18(19,20)21/h7-9,15H,6H2,1-5H3. The molecule has 1 aromatic rings. The second-order valence-corrected chi connectivity index (χ2v) is 6.81. The number of hydrogen-bond acceptors (Lipinski definition) is 3. The van der Waals surface area contributed by atoms with Gasteiger partial charge in [0, 0.05) is 5.56 Å². The first-order chi connectivity index (χ1) is 10.9. The van der Waals surface area contributed by atoms with Crippen molar-refractivity contribution in [3.05, 3.63) is 34.4 Å². The fraction of sp³-hybridized carbons (Fsp3) is 0.500. The number of carbonyl (C=O) groups excluding carboxylic acids is 1. The Kier molecular flexibility index (Phi) is 4.70. The largest absolute Gasteiger partial charge is 0.475 e. The smallest absolute Gasteiger partial charge is 0.430 e. The van der Waals surface area contributed by atoms with E-state index in [0.717, 1.165) is 11.1 Å². The van der Waals surface area contributed by atoms with Gasteiger partial charge in [0.05, 0.1) is 12.2 Å². The highest BCUT2D eigenvalue weighted by Gasteiger charge is 2.49. The Morgan fingerprint density at radius 2 is 1.88 bits per heavy atom. The monoisotopic (exact) mass is 342 g/mol. The van der Waals surface area contributed by atoms with Crippen LogP contribution < -0.4 is 4.74 Å². The number of rotatable bonds is 2. The second-order valence-electron chi connectivity index (χ2n) is 6.81. The summed E-state index contributed by atoms with van der Waals surface area (Å²) >= 11 is 0. The Morgan fingerprint density at radius 1 is 1.25 bits per heavy atom. The minimum atomic E-state index is -4.71. The number of ether oxygens (including phenoxy) is 2. The number of fused-ring (bicyclic) bond motifs is 1. The molecule has 1 aliphatic rings. The molecule has 3 nitrogen and oxygen atoms in total. The number of aryl methyl sites for hydroxylation is 1. The van der Waals surface area contributed by atoms with Crippen LogP contribution in [0.4, 0.5) is 13.2 Å². The van der Waals surface area contributed by atoms with Crippen LogP contribution in [0, 0.1) is 6.92 Å². The number of alkyl halides is 3. The number of esters is 1. The van der Waals surface area contributed by atoms with Crippen LogP contribution in [0.5, 0.6) is 5.75 Å². The van der Waals surface area contributed by atoms with Crippen LogP contribution in [0.15, 0.2) is 17.7 Å².